The first-order valence-electron chi connectivity index (χ1n) is 8.50. The van der Waals surface area contributed by atoms with Crippen LogP contribution in [-0.2, 0) is 6.42 Å². The topological polar surface area (TPSA) is 40.5 Å². The van der Waals surface area contributed by atoms with E-state index in [1.54, 1.807) is 24.3 Å². The highest BCUT2D eigenvalue weighted by molar-refractivity contribution is 5.30. The highest BCUT2D eigenvalue weighted by Gasteiger charge is 2.36. The highest BCUT2D eigenvalue weighted by Crippen LogP contribution is 2.48. The zero-order chi connectivity index (χ0) is 16.4. The van der Waals surface area contributed by atoms with E-state index in [9.17, 15) is 10.2 Å². The monoisotopic (exact) mass is 310 g/mol. The molecule has 0 aliphatic heterocycles. The molecule has 0 saturated heterocycles. The Hall–Kier alpha value is -1.96. The lowest BCUT2D eigenvalue weighted by Crippen LogP contribution is -2.31. The average molecular weight is 310 g/mol. The minimum absolute atomic E-state index is 0.275. The number of benzene rings is 2. The van der Waals surface area contributed by atoms with Crippen LogP contribution in [0.3, 0.4) is 0 Å². The molecular formula is C21H26O2. The lowest BCUT2D eigenvalue weighted by molar-refractivity contribution is 0.147. The molecule has 0 radical (unpaired) electrons. The van der Waals surface area contributed by atoms with Crippen LogP contribution in [0.1, 0.15) is 50.2 Å². The van der Waals surface area contributed by atoms with Gasteiger partial charge in [0, 0.05) is 0 Å². The fraction of sp³-hybridized carbons (Fsp3) is 0.429. The molecule has 3 atom stereocenters. The third kappa shape index (κ3) is 3.87. The largest absolute Gasteiger partial charge is 0.508 e. The summed E-state index contributed by atoms with van der Waals surface area (Å²) in [6.07, 6.45) is 4.67. The van der Waals surface area contributed by atoms with Crippen LogP contribution in [0, 0.1) is 11.3 Å². The molecule has 1 aliphatic rings. The van der Waals surface area contributed by atoms with Crippen molar-refractivity contribution in [1.82, 2.24) is 0 Å². The molecule has 2 aromatic carbocycles. The predicted molar refractivity (Wildman–Crippen MR) is 93.8 cm³/mol. The Balaban J connectivity index is 1.78. The summed E-state index contributed by atoms with van der Waals surface area (Å²) >= 11 is 0. The van der Waals surface area contributed by atoms with Crippen LogP contribution in [0.25, 0.3) is 0 Å². The fourth-order valence-corrected chi connectivity index (χ4v) is 4.42. The van der Waals surface area contributed by atoms with E-state index >= 15 is 0 Å². The van der Waals surface area contributed by atoms with Gasteiger partial charge in [-0.3, -0.25) is 0 Å². The van der Waals surface area contributed by atoms with E-state index in [4.69, 9.17) is 0 Å². The van der Waals surface area contributed by atoms with E-state index in [2.05, 4.69) is 26.0 Å². The van der Waals surface area contributed by atoms with Crippen molar-refractivity contribution in [2.75, 3.05) is 0 Å². The summed E-state index contributed by atoms with van der Waals surface area (Å²) in [6, 6.07) is 15.4. The number of hydrogen-bond donors (Lipinski definition) is 2. The van der Waals surface area contributed by atoms with Crippen LogP contribution in [0.2, 0.25) is 0 Å². The van der Waals surface area contributed by atoms with Crippen LogP contribution in [-0.4, -0.2) is 10.2 Å². The molecule has 122 valence electrons. The van der Waals surface area contributed by atoms with Gasteiger partial charge in [-0.1, -0.05) is 38.1 Å². The van der Waals surface area contributed by atoms with E-state index in [1.807, 2.05) is 12.1 Å². The SMILES string of the molecule is CC1CC(c2ccc(O)cc2)CC(C)(Cc2ccc(O)cc2)C1. The Bertz CT molecular complexity index is 645. The second kappa shape index (κ2) is 6.27. The van der Waals surface area contributed by atoms with Crippen LogP contribution in [0.15, 0.2) is 48.5 Å². The average Bonchev–Trinajstić information content (AvgIpc) is 2.49. The molecule has 2 nitrogen and oxygen atoms in total. The smallest absolute Gasteiger partial charge is 0.115 e. The van der Waals surface area contributed by atoms with Crippen LogP contribution >= 0.6 is 0 Å². The lowest BCUT2D eigenvalue weighted by Gasteiger charge is -2.42. The summed E-state index contributed by atoms with van der Waals surface area (Å²) < 4.78 is 0. The lowest BCUT2D eigenvalue weighted by atomic mass is 9.63. The maximum absolute atomic E-state index is 9.51. The van der Waals surface area contributed by atoms with Gasteiger partial charge in [-0.2, -0.15) is 0 Å². The minimum atomic E-state index is 0.275. The summed E-state index contributed by atoms with van der Waals surface area (Å²) in [6.45, 7) is 4.74. The number of aromatic hydroxyl groups is 2. The quantitative estimate of drug-likeness (QED) is 0.812. The third-order valence-corrected chi connectivity index (χ3v) is 5.20. The first-order chi connectivity index (χ1) is 10.9. The molecule has 2 N–H and O–H groups in total. The fourth-order valence-electron chi connectivity index (χ4n) is 4.42. The first-order valence-corrected chi connectivity index (χ1v) is 8.50. The number of hydrogen-bond acceptors (Lipinski definition) is 2. The van der Waals surface area contributed by atoms with Gasteiger partial charge in [0.15, 0.2) is 0 Å². The normalized spacial score (nSPS) is 27.7. The molecule has 23 heavy (non-hydrogen) atoms. The Kier molecular flexibility index (Phi) is 4.34. The van der Waals surface area contributed by atoms with Gasteiger partial charge in [-0.25, -0.2) is 0 Å². The van der Waals surface area contributed by atoms with Crippen molar-refractivity contribution < 1.29 is 10.2 Å². The maximum Gasteiger partial charge on any atom is 0.115 e. The maximum atomic E-state index is 9.51. The highest BCUT2D eigenvalue weighted by atomic mass is 16.3. The van der Waals surface area contributed by atoms with Crippen molar-refractivity contribution in [3.63, 3.8) is 0 Å². The summed E-state index contributed by atoms with van der Waals surface area (Å²) in [5, 5.41) is 19.0. The number of rotatable bonds is 3. The van der Waals surface area contributed by atoms with Gasteiger partial charge in [0.2, 0.25) is 0 Å². The molecule has 0 aromatic heterocycles. The van der Waals surface area contributed by atoms with Crippen molar-refractivity contribution in [1.29, 1.82) is 0 Å². The minimum Gasteiger partial charge on any atom is -0.508 e. The van der Waals surface area contributed by atoms with E-state index in [1.165, 1.54) is 30.4 Å². The van der Waals surface area contributed by atoms with Crippen molar-refractivity contribution in [2.45, 2.75) is 45.4 Å². The first kappa shape index (κ1) is 15.9. The van der Waals surface area contributed by atoms with Gasteiger partial charge in [-0.15, -0.1) is 0 Å². The van der Waals surface area contributed by atoms with Crippen LogP contribution in [0.5, 0.6) is 11.5 Å². The Morgan fingerprint density at radius 2 is 1.48 bits per heavy atom. The van der Waals surface area contributed by atoms with Crippen LogP contribution in [0.4, 0.5) is 0 Å². The number of phenols is 2. The molecule has 3 unspecified atom stereocenters. The zero-order valence-electron chi connectivity index (χ0n) is 14.0. The van der Waals surface area contributed by atoms with E-state index < -0.39 is 0 Å². The predicted octanol–water partition coefficient (Wildman–Crippen LogP) is 5.25. The van der Waals surface area contributed by atoms with Crippen molar-refractivity contribution >= 4 is 0 Å². The molecule has 0 heterocycles. The molecular weight excluding hydrogens is 284 g/mol. The van der Waals surface area contributed by atoms with Crippen LogP contribution < -0.4 is 0 Å². The Morgan fingerprint density at radius 3 is 2.09 bits per heavy atom. The summed E-state index contributed by atoms with van der Waals surface area (Å²) in [7, 11) is 0. The Morgan fingerprint density at radius 1 is 0.913 bits per heavy atom. The molecule has 2 heteroatoms. The van der Waals surface area contributed by atoms with Gasteiger partial charge in [0.1, 0.15) is 11.5 Å². The van der Waals surface area contributed by atoms with Gasteiger partial charge in [-0.05, 0) is 78.3 Å². The molecule has 1 fully saturated rings. The molecule has 1 saturated carbocycles. The van der Waals surface area contributed by atoms with Crippen molar-refractivity contribution in [3.8, 4) is 11.5 Å². The molecule has 0 spiro atoms. The van der Waals surface area contributed by atoms with E-state index in [0.717, 1.165) is 6.42 Å². The second-order valence-electron chi connectivity index (χ2n) is 7.69. The molecule has 0 bridgehead atoms. The van der Waals surface area contributed by atoms with Gasteiger partial charge in [0.25, 0.3) is 0 Å². The Labute approximate surface area is 138 Å². The second-order valence-corrected chi connectivity index (χ2v) is 7.69. The van der Waals surface area contributed by atoms with Gasteiger partial charge >= 0.3 is 0 Å². The molecule has 3 rings (SSSR count). The molecule has 1 aliphatic carbocycles. The molecule has 0 amide bonds. The van der Waals surface area contributed by atoms with Crippen molar-refractivity contribution in [3.05, 3.63) is 59.7 Å². The zero-order valence-corrected chi connectivity index (χ0v) is 14.0. The number of phenolic OH excluding ortho intramolecular Hbond substituents is 2. The third-order valence-electron chi connectivity index (χ3n) is 5.20. The van der Waals surface area contributed by atoms with Gasteiger partial charge < -0.3 is 10.2 Å². The van der Waals surface area contributed by atoms with Gasteiger partial charge in [0.05, 0.1) is 0 Å². The summed E-state index contributed by atoms with van der Waals surface area (Å²) in [5.41, 5.74) is 2.91. The van der Waals surface area contributed by atoms with E-state index in [-0.39, 0.29) is 5.41 Å². The summed E-state index contributed by atoms with van der Waals surface area (Å²) in [5.74, 6) is 1.92. The standard InChI is InChI=1S/C21H26O2/c1-15-11-18(17-5-9-20(23)10-6-17)14-21(2,12-15)13-16-3-7-19(22)8-4-16/h3-10,15,18,22-23H,11-14H2,1-2H3. The van der Waals surface area contributed by atoms with Crippen molar-refractivity contribution in [2.24, 2.45) is 11.3 Å². The molecule has 2 aromatic rings. The summed E-state index contributed by atoms with van der Waals surface area (Å²) in [4.78, 5) is 0. The van der Waals surface area contributed by atoms with E-state index in [0.29, 0.717) is 23.3 Å².